The zero-order valence-electron chi connectivity index (χ0n) is 14.0. The van der Waals surface area contributed by atoms with Gasteiger partial charge in [-0.2, -0.15) is 0 Å². The van der Waals surface area contributed by atoms with Crippen LogP contribution in [0.3, 0.4) is 0 Å². The average molecular weight is 391 g/mol. The van der Waals surface area contributed by atoms with E-state index in [0.717, 1.165) is 16.5 Å². The number of carbonyl (C=O) groups is 2. The Hall–Kier alpha value is -2.96. The molecule has 1 heterocycles. The molecule has 0 saturated carbocycles. The summed E-state index contributed by atoms with van der Waals surface area (Å²) in [5.74, 6) is -1.21. The number of carboxylic acids is 1. The van der Waals surface area contributed by atoms with Crippen LogP contribution in [-0.4, -0.2) is 21.3 Å². The highest BCUT2D eigenvalue weighted by molar-refractivity contribution is 8.27. The van der Waals surface area contributed by atoms with E-state index in [1.54, 1.807) is 18.2 Å². The second kappa shape index (κ2) is 6.98. The van der Waals surface area contributed by atoms with E-state index in [0.29, 0.717) is 14.8 Å². The van der Waals surface area contributed by atoms with Gasteiger partial charge in [-0.25, -0.2) is 4.79 Å². The zero-order valence-corrected chi connectivity index (χ0v) is 15.6. The van der Waals surface area contributed by atoms with Crippen molar-refractivity contribution in [3.8, 4) is 0 Å². The average Bonchev–Trinajstić information content (AvgIpc) is 2.94. The minimum Gasteiger partial charge on any atom is -0.478 e. The fourth-order valence-electron chi connectivity index (χ4n) is 2.99. The molecule has 4 nitrogen and oxygen atoms in total. The Kier molecular flexibility index (Phi) is 4.51. The highest BCUT2D eigenvalue weighted by Gasteiger charge is 2.34. The number of carbonyl (C=O) groups excluding carboxylic acids is 1. The molecule has 3 aromatic rings. The van der Waals surface area contributed by atoms with Crippen LogP contribution in [0.1, 0.15) is 15.9 Å². The van der Waals surface area contributed by atoms with Crippen LogP contribution in [0.4, 0.5) is 5.69 Å². The van der Waals surface area contributed by atoms with Crippen LogP contribution < -0.4 is 4.90 Å². The molecule has 0 spiro atoms. The number of rotatable bonds is 3. The van der Waals surface area contributed by atoms with Gasteiger partial charge in [0, 0.05) is 5.39 Å². The first-order chi connectivity index (χ1) is 13.0. The van der Waals surface area contributed by atoms with E-state index in [1.165, 1.54) is 28.8 Å². The third kappa shape index (κ3) is 3.25. The van der Waals surface area contributed by atoms with Crippen molar-refractivity contribution in [3.63, 3.8) is 0 Å². The number of benzene rings is 3. The Bertz CT molecular complexity index is 1130. The lowest BCUT2D eigenvalue weighted by Gasteiger charge is -2.17. The molecule has 0 bridgehead atoms. The standard InChI is InChI=1S/C21H13NO3S2/c23-19-18(12-13-5-3-8-15(11-13)20(24)25)27-21(26)22(19)17-10-4-7-14-6-1-2-9-16(14)17/h1-12H,(H,24,25)/b18-12+. The van der Waals surface area contributed by atoms with E-state index in [1.807, 2.05) is 42.5 Å². The Morgan fingerprint density at radius 2 is 1.78 bits per heavy atom. The third-order valence-electron chi connectivity index (χ3n) is 4.23. The zero-order chi connectivity index (χ0) is 19.0. The van der Waals surface area contributed by atoms with Gasteiger partial charge < -0.3 is 5.11 Å². The lowest BCUT2D eigenvalue weighted by Crippen LogP contribution is -2.27. The summed E-state index contributed by atoms with van der Waals surface area (Å²) in [6.45, 7) is 0. The Balaban J connectivity index is 1.74. The van der Waals surface area contributed by atoms with Gasteiger partial charge in [-0.15, -0.1) is 0 Å². The van der Waals surface area contributed by atoms with Gasteiger partial charge in [-0.05, 0) is 35.2 Å². The summed E-state index contributed by atoms with van der Waals surface area (Å²) in [6, 6.07) is 20.1. The lowest BCUT2D eigenvalue weighted by atomic mass is 10.1. The van der Waals surface area contributed by atoms with E-state index < -0.39 is 5.97 Å². The molecule has 0 radical (unpaired) electrons. The lowest BCUT2D eigenvalue weighted by molar-refractivity contribution is -0.113. The SMILES string of the molecule is O=C(O)c1cccc(/C=C2/SC(=S)N(c3cccc4ccccc34)C2=O)c1. The summed E-state index contributed by atoms with van der Waals surface area (Å²) < 4.78 is 0.456. The molecule has 0 unspecified atom stereocenters. The molecule has 0 atom stereocenters. The van der Waals surface area contributed by atoms with Gasteiger partial charge in [0.15, 0.2) is 4.32 Å². The third-order valence-corrected chi connectivity index (χ3v) is 5.53. The van der Waals surface area contributed by atoms with Crippen LogP contribution in [0.5, 0.6) is 0 Å². The maximum absolute atomic E-state index is 13.0. The second-order valence-electron chi connectivity index (χ2n) is 5.95. The number of nitrogens with zero attached hydrogens (tertiary/aromatic N) is 1. The molecule has 1 aliphatic rings. The molecule has 1 N–H and O–H groups in total. The number of thioether (sulfide) groups is 1. The van der Waals surface area contributed by atoms with E-state index in [-0.39, 0.29) is 11.5 Å². The Labute approximate surface area is 165 Å². The van der Waals surface area contributed by atoms with Gasteiger partial charge in [0.25, 0.3) is 5.91 Å². The van der Waals surface area contributed by atoms with E-state index in [4.69, 9.17) is 17.3 Å². The van der Waals surface area contributed by atoms with Crippen LogP contribution in [0.25, 0.3) is 16.8 Å². The van der Waals surface area contributed by atoms with Gasteiger partial charge in [-0.1, -0.05) is 72.5 Å². The maximum atomic E-state index is 13.0. The molecule has 4 rings (SSSR count). The molecule has 1 amide bonds. The van der Waals surface area contributed by atoms with Gasteiger partial charge in [0.1, 0.15) is 0 Å². The van der Waals surface area contributed by atoms with Gasteiger partial charge in [0.2, 0.25) is 0 Å². The largest absolute Gasteiger partial charge is 0.478 e. The monoisotopic (exact) mass is 391 g/mol. The summed E-state index contributed by atoms with van der Waals surface area (Å²) in [7, 11) is 0. The Morgan fingerprint density at radius 3 is 2.59 bits per heavy atom. The Morgan fingerprint density at radius 1 is 1.04 bits per heavy atom. The number of hydrogen-bond acceptors (Lipinski definition) is 4. The van der Waals surface area contributed by atoms with E-state index in [9.17, 15) is 9.59 Å². The van der Waals surface area contributed by atoms with Crippen molar-refractivity contribution >= 4 is 62.7 Å². The quantitative estimate of drug-likeness (QED) is 0.506. The van der Waals surface area contributed by atoms with Crippen LogP contribution in [0.15, 0.2) is 71.6 Å². The van der Waals surface area contributed by atoms with Gasteiger partial charge in [0.05, 0.1) is 16.2 Å². The summed E-state index contributed by atoms with van der Waals surface area (Å²) in [5.41, 5.74) is 1.57. The van der Waals surface area contributed by atoms with Crippen molar-refractivity contribution in [1.82, 2.24) is 0 Å². The smallest absolute Gasteiger partial charge is 0.335 e. The molecule has 3 aromatic carbocycles. The highest BCUT2D eigenvalue weighted by Crippen LogP contribution is 2.38. The van der Waals surface area contributed by atoms with Crippen LogP contribution >= 0.6 is 24.0 Å². The molecule has 6 heteroatoms. The summed E-state index contributed by atoms with van der Waals surface area (Å²) in [5, 5.41) is 11.1. The predicted octanol–water partition coefficient (Wildman–Crippen LogP) is 4.94. The van der Waals surface area contributed by atoms with E-state index in [2.05, 4.69) is 0 Å². The van der Waals surface area contributed by atoms with Crippen LogP contribution in [0, 0.1) is 0 Å². The molecule has 1 aliphatic heterocycles. The molecular formula is C21H13NO3S2. The minimum atomic E-state index is -1.01. The van der Waals surface area contributed by atoms with Gasteiger partial charge >= 0.3 is 5.97 Å². The number of thiocarbonyl (C=S) groups is 1. The number of hydrogen-bond donors (Lipinski definition) is 1. The molecule has 27 heavy (non-hydrogen) atoms. The molecule has 1 fully saturated rings. The van der Waals surface area contributed by atoms with Crippen molar-refractivity contribution in [2.45, 2.75) is 0 Å². The van der Waals surface area contributed by atoms with Crippen molar-refractivity contribution in [2.75, 3.05) is 4.90 Å². The summed E-state index contributed by atoms with van der Waals surface area (Å²) >= 11 is 6.67. The van der Waals surface area contributed by atoms with Crippen molar-refractivity contribution in [3.05, 3.63) is 82.8 Å². The summed E-state index contributed by atoms with van der Waals surface area (Å²) in [4.78, 5) is 26.2. The minimum absolute atomic E-state index is 0.174. The maximum Gasteiger partial charge on any atom is 0.335 e. The second-order valence-corrected chi connectivity index (χ2v) is 7.62. The van der Waals surface area contributed by atoms with Crippen LogP contribution in [-0.2, 0) is 4.79 Å². The first-order valence-corrected chi connectivity index (χ1v) is 9.36. The molecular weight excluding hydrogens is 378 g/mol. The molecule has 1 saturated heterocycles. The molecule has 132 valence electrons. The topological polar surface area (TPSA) is 57.6 Å². The number of amides is 1. The predicted molar refractivity (Wildman–Crippen MR) is 113 cm³/mol. The molecule has 0 aromatic heterocycles. The van der Waals surface area contributed by atoms with E-state index >= 15 is 0 Å². The number of anilines is 1. The van der Waals surface area contributed by atoms with Crippen molar-refractivity contribution in [2.24, 2.45) is 0 Å². The number of carboxylic acid groups (broad SMARTS) is 1. The first-order valence-electron chi connectivity index (χ1n) is 8.14. The van der Waals surface area contributed by atoms with Crippen molar-refractivity contribution < 1.29 is 14.7 Å². The fraction of sp³-hybridized carbons (Fsp3) is 0. The fourth-order valence-corrected chi connectivity index (χ4v) is 4.28. The van der Waals surface area contributed by atoms with Crippen LogP contribution in [0.2, 0.25) is 0 Å². The normalized spacial score (nSPS) is 15.7. The first kappa shape index (κ1) is 17.5. The number of fused-ring (bicyclic) bond motifs is 1. The summed E-state index contributed by atoms with van der Waals surface area (Å²) in [6.07, 6.45) is 1.68. The molecule has 0 aliphatic carbocycles. The number of aromatic carboxylic acids is 1. The van der Waals surface area contributed by atoms with Crippen molar-refractivity contribution in [1.29, 1.82) is 0 Å². The highest BCUT2D eigenvalue weighted by atomic mass is 32.2. The van der Waals surface area contributed by atoms with Gasteiger partial charge in [-0.3, -0.25) is 9.69 Å².